The van der Waals surface area contributed by atoms with E-state index < -0.39 is 23.3 Å². The number of halogens is 1. The first-order valence-electron chi connectivity index (χ1n) is 10.0. The third kappa shape index (κ3) is 4.35. The number of hydrogen-bond acceptors (Lipinski definition) is 5. The second kappa shape index (κ2) is 8.51. The predicted molar refractivity (Wildman–Crippen MR) is 111 cm³/mol. The predicted octanol–water partition coefficient (Wildman–Crippen LogP) is 1.81. The standard InChI is InChI=1S/C21H29FN6O2/c1-21(2,3)16(20(30)23-4)26-19(29)15-14-12-27(5)10-7-11-28(14)18(25-15)13-8-6-9-24-17(13)22/h6,8-9,16H,7,10-12H2,1-5H3,(H,23,30)(H,26,29). The SMILES string of the molecule is CNC(=O)C(NC(=O)c1nc(-c2cccnc2F)n2c1CN(C)CCC2)C(C)(C)C. The summed E-state index contributed by atoms with van der Waals surface area (Å²) in [6.07, 6.45) is 2.22. The van der Waals surface area contributed by atoms with E-state index in [-0.39, 0.29) is 17.2 Å². The number of hydrogen-bond donors (Lipinski definition) is 2. The van der Waals surface area contributed by atoms with E-state index in [4.69, 9.17) is 0 Å². The zero-order valence-electron chi connectivity index (χ0n) is 18.1. The average molecular weight is 417 g/mol. The van der Waals surface area contributed by atoms with E-state index in [0.717, 1.165) is 13.0 Å². The molecule has 0 saturated heterocycles. The molecule has 2 aromatic rings. The van der Waals surface area contributed by atoms with Crippen LogP contribution in [0.15, 0.2) is 18.3 Å². The molecule has 0 aromatic carbocycles. The number of carbonyl (C=O) groups is 2. The van der Waals surface area contributed by atoms with Crippen LogP contribution in [0.1, 0.15) is 43.4 Å². The lowest BCUT2D eigenvalue weighted by Crippen LogP contribution is -2.53. The molecule has 1 aliphatic heterocycles. The van der Waals surface area contributed by atoms with E-state index in [1.807, 2.05) is 32.4 Å². The van der Waals surface area contributed by atoms with Gasteiger partial charge in [-0.05, 0) is 37.6 Å². The molecule has 1 aliphatic rings. The number of rotatable bonds is 4. The Bertz CT molecular complexity index is 949. The highest BCUT2D eigenvalue weighted by molar-refractivity contribution is 5.97. The fourth-order valence-electron chi connectivity index (χ4n) is 3.68. The molecule has 0 radical (unpaired) electrons. The van der Waals surface area contributed by atoms with Gasteiger partial charge >= 0.3 is 0 Å². The van der Waals surface area contributed by atoms with Crippen molar-refractivity contribution in [2.75, 3.05) is 20.6 Å². The highest BCUT2D eigenvalue weighted by Gasteiger charge is 2.35. The van der Waals surface area contributed by atoms with E-state index in [1.54, 1.807) is 12.1 Å². The van der Waals surface area contributed by atoms with Crippen molar-refractivity contribution in [1.82, 2.24) is 30.1 Å². The summed E-state index contributed by atoms with van der Waals surface area (Å²) in [4.78, 5) is 36.0. The number of amides is 2. The minimum absolute atomic E-state index is 0.208. The average Bonchev–Trinajstić information content (AvgIpc) is 2.91. The molecule has 0 bridgehead atoms. The van der Waals surface area contributed by atoms with Gasteiger partial charge in [0, 0.05) is 26.3 Å². The Kier molecular flexibility index (Phi) is 6.21. The normalized spacial score (nSPS) is 15.8. The zero-order valence-corrected chi connectivity index (χ0v) is 18.1. The summed E-state index contributed by atoms with van der Waals surface area (Å²) in [5.74, 6) is -0.985. The fourth-order valence-corrected chi connectivity index (χ4v) is 3.68. The summed E-state index contributed by atoms with van der Waals surface area (Å²) in [5.41, 5.74) is 0.665. The highest BCUT2D eigenvalue weighted by atomic mass is 19.1. The number of pyridine rings is 1. The van der Waals surface area contributed by atoms with Crippen molar-refractivity contribution in [2.24, 2.45) is 5.41 Å². The summed E-state index contributed by atoms with van der Waals surface area (Å²) in [6, 6.07) is 2.51. The van der Waals surface area contributed by atoms with Crippen molar-refractivity contribution >= 4 is 11.8 Å². The first kappa shape index (κ1) is 21.9. The molecule has 0 spiro atoms. The summed E-state index contributed by atoms with van der Waals surface area (Å²) < 4.78 is 16.3. The molecule has 0 fully saturated rings. The number of imidazole rings is 1. The lowest BCUT2D eigenvalue weighted by molar-refractivity contribution is -0.124. The molecule has 0 saturated carbocycles. The van der Waals surface area contributed by atoms with E-state index >= 15 is 0 Å². The van der Waals surface area contributed by atoms with Crippen molar-refractivity contribution in [3.8, 4) is 11.4 Å². The Morgan fingerprint density at radius 1 is 1.27 bits per heavy atom. The lowest BCUT2D eigenvalue weighted by Gasteiger charge is -2.29. The van der Waals surface area contributed by atoms with Gasteiger partial charge < -0.3 is 20.1 Å². The quantitative estimate of drug-likeness (QED) is 0.742. The van der Waals surface area contributed by atoms with Crippen molar-refractivity contribution in [3.05, 3.63) is 35.7 Å². The van der Waals surface area contributed by atoms with Gasteiger partial charge in [-0.3, -0.25) is 9.59 Å². The van der Waals surface area contributed by atoms with Gasteiger partial charge in [0.1, 0.15) is 11.9 Å². The van der Waals surface area contributed by atoms with Gasteiger partial charge in [0.2, 0.25) is 11.9 Å². The van der Waals surface area contributed by atoms with Crippen molar-refractivity contribution in [2.45, 2.75) is 46.3 Å². The van der Waals surface area contributed by atoms with Crippen molar-refractivity contribution < 1.29 is 14.0 Å². The van der Waals surface area contributed by atoms with Gasteiger partial charge in [-0.2, -0.15) is 4.39 Å². The summed E-state index contributed by atoms with van der Waals surface area (Å²) in [6.45, 7) is 7.60. The Morgan fingerprint density at radius 2 is 2.00 bits per heavy atom. The summed E-state index contributed by atoms with van der Waals surface area (Å²) in [7, 11) is 3.51. The molecule has 30 heavy (non-hydrogen) atoms. The molecule has 1 unspecified atom stereocenters. The minimum atomic E-state index is -0.741. The number of nitrogens with one attached hydrogen (secondary N) is 2. The van der Waals surface area contributed by atoms with Crippen molar-refractivity contribution in [1.29, 1.82) is 0 Å². The molecule has 3 rings (SSSR count). The monoisotopic (exact) mass is 416 g/mol. The van der Waals surface area contributed by atoms with Gasteiger partial charge in [0.05, 0.1) is 11.3 Å². The Morgan fingerprint density at radius 3 is 2.63 bits per heavy atom. The van der Waals surface area contributed by atoms with Gasteiger partial charge in [-0.15, -0.1) is 0 Å². The maximum absolute atomic E-state index is 14.4. The number of nitrogens with zero attached hydrogens (tertiary/aromatic N) is 4. The highest BCUT2D eigenvalue weighted by Crippen LogP contribution is 2.28. The van der Waals surface area contributed by atoms with Crippen LogP contribution in [0.5, 0.6) is 0 Å². The Labute approximate surface area is 175 Å². The lowest BCUT2D eigenvalue weighted by atomic mass is 9.86. The Hall–Kier alpha value is -2.81. The molecule has 3 heterocycles. The molecular weight excluding hydrogens is 387 g/mol. The molecule has 8 nitrogen and oxygen atoms in total. The number of fused-ring (bicyclic) bond motifs is 1. The zero-order chi connectivity index (χ0) is 22.1. The molecule has 0 aliphatic carbocycles. The summed E-state index contributed by atoms with van der Waals surface area (Å²) in [5, 5.41) is 5.44. The third-order valence-electron chi connectivity index (χ3n) is 5.28. The molecule has 2 amide bonds. The van der Waals surface area contributed by atoms with Crippen LogP contribution in [0, 0.1) is 11.4 Å². The molecule has 2 N–H and O–H groups in total. The second-order valence-corrected chi connectivity index (χ2v) is 8.70. The van der Waals surface area contributed by atoms with E-state index in [0.29, 0.717) is 24.6 Å². The number of aromatic nitrogens is 3. The van der Waals surface area contributed by atoms with Crippen LogP contribution in [-0.4, -0.2) is 57.9 Å². The maximum atomic E-state index is 14.4. The van der Waals surface area contributed by atoms with Crippen LogP contribution < -0.4 is 10.6 Å². The van der Waals surface area contributed by atoms with Crippen LogP contribution in [0.25, 0.3) is 11.4 Å². The molecule has 2 aromatic heterocycles. The van der Waals surface area contributed by atoms with Gasteiger partial charge in [-0.25, -0.2) is 9.97 Å². The largest absolute Gasteiger partial charge is 0.357 e. The van der Waals surface area contributed by atoms with Crippen LogP contribution in [0.2, 0.25) is 0 Å². The molecular formula is C21H29FN6O2. The van der Waals surface area contributed by atoms with Gasteiger partial charge in [0.15, 0.2) is 5.69 Å². The number of likely N-dealkylation sites (N-methyl/N-ethyl adjacent to an activating group) is 1. The van der Waals surface area contributed by atoms with E-state index in [9.17, 15) is 14.0 Å². The van der Waals surface area contributed by atoms with Gasteiger partial charge in [0.25, 0.3) is 5.91 Å². The molecule has 9 heteroatoms. The maximum Gasteiger partial charge on any atom is 0.272 e. The minimum Gasteiger partial charge on any atom is -0.357 e. The number of carbonyl (C=O) groups excluding carboxylic acids is 2. The van der Waals surface area contributed by atoms with Crippen LogP contribution in [-0.2, 0) is 17.9 Å². The fraction of sp³-hybridized carbons (Fsp3) is 0.524. The van der Waals surface area contributed by atoms with E-state index in [1.165, 1.54) is 13.2 Å². The van der Waals surface area contributed by atoms with E-state index in [2.05, 4.69) is 25.5 Å². The Balaban J connectivity index is 2.07. The van der Waals surface area contributed by atoms with Crippen LogP contribution in [0.3, 0.4) is 0 Å². The molecule has 1 atom stereocenters. The molecule has 162 valence electrons. The van der Waals surface area contributed by atoms with Crippen LogP contribution in [0.4, 0.5) is 4.39 Å². The second-order valence-electron chi connectivity index (χ2n) is 8.70. The first-order chi connectivity index (χ1) is 14.1. The third-order valence-corrected chi connectivity index (χ3v) is 5.28. The van der Waals surface area contributed by atoms with Crippen molar-refractivity contribution in [3.63, 3.8) is 0 Å². The van der Waals surface area contributed by atoms with Crippen LogP contribution >= 0.6 is 0 Å². The topological polar surface area (TPSA) is 92.1 Å². The summed E-state index contributed by atoms with van der Waals surface area (Å²) >= 11 is 0. The smallest absolute Gasteiger partial charge is 0.272 e. The first-order valence-corrected chi connectivity index (χ1v) is 10.0. The van der Waals surface area contributed by atoms with Gasteiger partial charge in [-0.1, -0.05) is 20.8 Å².